The Morgan fingerprint density at radius 2 is 1.36 bits per heavy atom. The highest BCUT2D eigenvalue weighted by atomic mass is 19.2. The Hall–Kier alpha value is -1.12. The lowest BCUT2D eigenvalue weighted by Gasteiger charge is -2.45. The van der Waals surface area contributed by atoms with Crippen LogP contribution in [0.5, 0.6) is 5.75 Å². The van der Waals surface area contributed by atoms with Crippen LogP contribution in [0.4, 0.5) is 8.78 Å². The van der Waals surface area contributed by atoms with Crippen molar-refractivity contribution in [3.05, 3.63) is 29.3 Å². The van der Waals surface area contributed by atoms with Gasteiger partial charge < -0.3 is 4.74 Å². The van der Waals surface area contributed by atoms with Gasteiger partial charge in [0.25, 0.3) is 0 Å². The van der Waals surface area contributed by atoms with E-state index in [4.69, 9.17) is 4.74 Å². The van der Waals surface area contributed by atoms with Crippen LogP contribution in [-0.4, -0.2) is 6.61 Å². The molecule has 3 fully saturated rings. The minimum absolute atomic E-state index is 0.0725. The highest BCUT2D eigenvalue weighted by molar-refractivity contribution is 5.33. The van der Waals surface area contributed by atoms with Crippen molar-refractivity contribution in [2.24, 2.45) is 29.6 Å². The molecule has 0 spiro atoms. The third-order valence-electron chi connectivity index (χ3n) is 9.45. The van der Waals surface area contributed by atoms with Crippen LogP contribution in [-0.2, 0) is 0 Å². The maximum Gasteiger partial charge on any atom is 0.200 e. The zero-order valence-corrected chi connectivity index (χ0v) is 21.1. The molecule has 1 aromatic rings. The van der Waals surface area contributed by atoms with E-state index in [9.17, 15) is 8.78 Å². The van der Waals surface area contributed by atoms with E-state index >= 15 is 0 Å². The third-order valence-corrected chi connectivity index (χ3v) is 9.45. The molecule has 4 rings (SSSR count). The first-order chi connectivity index (χ1) is 16.1. The molecule has 3 aliphatic carbocycles. The number of unbranched alkanes of at least 4 members (excludes halogenated alkanes) is 2. The molecule has 0 aromatic heterocycles. The lowest BCUT2D eigenvalue weighted by atomic mass is 9.60. The lowest BCUT2D eigenvalue weighted by Crippen LogP contribution is -2.34. The molecule has 0 N–H and O–H groups in total. The summed E-state index contributed by atoms with van der Waals surface area (Å²) in [6.45, 7) is 4.81. The summed E-state index contributed by atoms with van der Waals surface area (Å²) in [6, 6.07) is 3.45. The maximum absolute atomic E-state index is 14.9. The largest absolute Gasteiger partial charge is 0.490 e. The van der Waals surface area contributed by atoms with Gasteiger partial charge in [-0.05, 0) is 105 Å². The van der Waals surface area contributed by atoms with Crippen LogP contribution < -0.4 is 4.74 Å². The minimum atomic E-state index is -0.788. The summed E-state index contributed by atoms with van der Waals surface area (Å²) in [4.78, 5) is 0. The monoisotopic (exact) mass is 460 g/mol. The molecule has 3 heteroatoms. The second kappa shape index (κ2) is 12.0. The summed E-state index contributed by atoms with van der Waals surface area (Å²) in [5.74, 6) is 3.15. The number of rotatable bonds is 9. The Balaban J connectivity index is 1.29. The first kappa shape index (κ1) is 25.0. The quantitative estimate of drug-likeness (QED) is 0.333. The van der Waals surface area contributed by atoms with Crippen molar-refractivity contribution in [1.29, 1.82) is 0 Å². The zero-order valence-electron chi connectivity index (χ0n) is 21.1. The van der Waals surface area contributed by atoms with E-state index in [2.05, 4.69) is 13.8 Å². The number of hydrogen-bond donors (Lipinski definition) is 0. The van der Waals surface area contributed by atoms with Crippen LogP contribution in [0.1, 0.15) is 122 Å². The molecule has 4 atom stereocenters. The van der Waals surface area contributed by atoms with Gasteiger partial charge in [-0.2, -0.15) is 4.39 Å². The van der Waals surface area contributed by atoms with Crippen LogP contribution in [0.25, 0.3) is 0 Å². The summed E-state index contributed by atoms with van der Waals surface area (Å²) in [6.07, 6.45) is 19.1. The van der Waals surface area contributed by atoms with Crippen molar-refractivity contribution in [1.82, 2.24) is 0 Å². The highest BCUT2D eigenvalue weighted by Gasteiger charge is 2.39. The van der Waals surface area contributed by atoms with Crippen LogP contribution in [0.15, 0.2) is 12.1 Å². The molecule has 0 amide bonds. The number of benzene rings is 1. The van der Waals surface area contributed by atoms with Gasteiger partial charge >= 0.3 is 0 Å². The Labute approximate surface area is 201 Å². The zero-order chi connectivity index (χ0) is 23.2. The molecule has 3 saturated carbocycles. The van der Waals surface area contributed by atoms with E-state index in [1.807, 2.05) is 0 Å². The van der Waals surface area contributed by atoms with Crippen molar-refractivity contribution in [2.45, 2.75) is 116 Å². The molecule has 0 radical (unpaired) electrons. The Morgan fingerprint density at radius 1 is 0.727 bits per heavy atom. The van der Waals surface area contributed by atoms with E-state index in [0.29, 0.717) is 18.1 Å². The van der Waals surface area contributed by atoms with Gasteiger partial charge in [-0.25, -0.2) is 4.39 Å². The summed E-state index contributed by atoms with van der Waals surface area (Å²) < 4.78 is 35.0. The first-order valence-corrected chi connectivity index (χ1v) is 14.2. The van der Waals surface area contributed by atoms with E-state index in [-0.39, 0.29) is 11.7 Å². The fourth-order valence-electron chi connectivity index (χ4n) is 7.38. The minimum Gasteiger partial charge on any atom is -0.490 e. The van der Waals surface area contributed by atoms with E-state index in [1.165, 1.54) is 70.6 Å². The van der Waals surface area contributed by atoms with Gasteiger partial charge in [0, 0.05) is 0 Å². The van der Waals surface area contributed by atoms with E-state index in [1.54, 1.807) is 12.1 Å². The molecular weight excluding hydrogens is 414 g/mol. The number of halogens is 2. The summed E-state index contributed by atoms with van der Waals surface area (Å²) in [5.41, 5.74) is 0.585. The van der Waals surface area contributed by atoms with Gasteiger partial charge in [0.15, 0.2) is 11.6 Å². The van der Waals surface area contributed by atoms with Crippen molar-refractivity contribution in [3.63, 3.8) is 0 Å². The van der Waals surface area contributed by atoms with Crippen molar-refractivity contribution < 1.29 is 13.5 Å². The van der Waals surface area contributed by atoms with Gasteiger partial charge in [0.1, 0.15) is 0 Å². The predicted octanol–water partition coefficient (Wildman–Crippen LogP) is 9.44. The van der Waals surface area contributed by atoms with Crippen LogP contribution in [0.3, 0.4) is 0 Å². The normalized spacial score (nSPS) is 32.4. The number of fused-ring (bicyclic) bond motifs is 1. The van der Waals surface area contributed by atoms with E-state index in [0.717, 1.165) is 49.4 Å². The van der Waals surface area contributed by atoms with Gasteiger partial charge in [0.2, 0.25) is 5.82 Å². The second-order valence-corrected chi connectivity index (χ2v) is 11.5. The first-order valence-electron chi connectivity index (χ1n) is 14.2. The molecule has 3 aliphatic rings. The Bertz CT molecular complexity index is 739. The van der Waals surface area contributed by atoms with Crippen LogP contribution in [0.2, 0.25) is 0 Å². The molecule has 0 heterocycles. The van der Waals surface area contributed by atoms with Gasteiger partial charge in [-0.15, -0.1) is 0 Å². The van der Waals surface area contributed by atoms with Gasteiger partial charge in [-0.1, -0.05) is 58.4 Å². The molecule has 0 bridgehead atoms. The maximum atomic E-state index is 14.9. The number of hydrogen-bond acceptors (Lipinski definition) is 1. The highest BCUT2D eigenvalue weighted by Crippen LogP contribution is 2.51. The molecular formula is C30H46F2O. The molecule has 1 aromatic carbocycles. The smallest absolute Gasteiger partial charge is 0.200 e. The molecule has 4 unspecified atom stereocenters. The summed E-state index contributed by atoms with van der Waals surface area (Å²) in [5, 5.41) is 0. The molecule has 0 saturated heterocycles. The second-order valence-electron chi connectivity index (χ2n) is 11.5. The SMILES string of the molecule is CCCCOc1ccc(C2CCC3CC(C4CCC(CCCC)CC4)CCC3C2)c(F)c1F. The topological polar surface area (TPSA) is 9.23 Å². The van der Waals surface area contributed by atoms with Crippen LogP contribution >= 0.6 is 0 Å². The molecule has 33 heavy (non-hydrogen) atoms. The Morgan fingerprint density at radius 3 is 2.09 bits per heavy atom. The Kier molecular flexibility index (Phi) is 9.11. The van der Waals surface area contributed by atoms with E-state index < -0.39 is 11.6 Å². The van der Waals surface area contributed by atoms with Crippen molar-refractivity contribution in [3.8, 4) is 5.75 Å². The number of ether oxygens (including phenoxy) is 1. The molecule has 1 nitrogen and oxygen atoms in total. The fourth-order valence-corrected chi connectivity index (χ4v) is 7.38. The summed E-state index contributed by atoms with van der Waals surface area (Å²) in [7, 11) is 0. The van der Waals surface area contributed by atoms with Crippen molar-refractivity contribution >= 4 is 0 Å². The van der Waals surface area contributed by atoms with Gasteiger partial charge in [0.05, 0.1) is 6.61 Å². The fraction of sp³-hybridized carbons (Fsp3) is 0.800. The van der Waals surface area contributed by atoms with Gasteiger partial charge in [-0.3, -0.25) is 0 Å². The standard InChI is InChI=1S/C30H46F2O/c1-3-5-7-21-8-10-22(11-9-21)23-12-13-25-20-26(15-14-24(25)19-23)27-16-17-28(30(32)29(27)31)33-18-6-4-2/h16-17,21-26H,3-15,18-20H2,1-2H3. The average Bonchev–Trinajstić information content (AvgIpc) is 2.85. The van der Waals surface area contributed by atoms with Crippen molar-refractivity contribution in [2.75, 3.05) is 6.61 Å². The molecule has 0 aliphatic heterocycles. The average molecular weight is 461 g/mol. The lowest BCUT2D eigenvalue weighted by molar-refractivity contribution is 0.0705. The predicted molar refractivity (Wildman–Crippen MR) is 133 cm³/mol. The van der Waals surface area contributed by atoms with Crippen LogP contribution in [0, 0.1) is 41.2 Å². The summed E-state index contributed by atoms with van der Waals surface area (Å²) >= 11 is 0. The molecule has 186 valence electrons. The third kappa shape index (κ3) is 6.12.